The lowest BCUT2D eigenvalue weighted by Crippen LogP contribution is -2.32. The van der Waals surface area contributed by atoms with Crippen LogP contribution < -0.4 is 0 Å². The molecule has 1 aromatic heterocycles. The molecule has 0 radical (unpaired) electrons. The summed E-state index contributed by atoms with van der Waals surface area (Å²) in [5, 5.41) is 13.3. The van der Waals surface area contributed by atoms with Gasteiger partial charge in [-0.05, 0) is 26.8 Å². The molecule has 1 aromatic rings. The third-order valence-electron chi connectivity index (χ3n) is 3.60. The summed E-state index contributed by atoms with van der Waals surface area (Å²) in [4.78, 5) is 13.2. The number of nitrogens with zero attached hydrogens (tertiary/aromatic N) is 3. The number of aromatic nitrogens is 2. The first-order valence-electron chi connectivity index (χ1n) is 6.10. The van der Waals surface area contributed by atoms with E-state index in [9.17, 15) is 4.79 Å². The summed E-state index contributed by atoms with van der Waals surface area (Å²) in [7, 11) is 0. The minimum atomic E-state index is -0.677. The van der Waals surface area contributed by atoms with Crippen LogP contribution >= 0.6 is 0 Å². The fourth-order valence-electron chi connectivity index (χ4n) is 2.45. The SMILES string of the molecule is CCn1cc(CN2CCC(C(=O)O)C2C)cn1. The van der Waals surface area contributed by atoms with Gasteiger partial charge in [-0.25, -0.2) is 0 Å². The Morgan fingerprint density at radius 2 is 2.41 bits per heavy atom. The van der Waals surface area contributed by atoms with E-state index in [2.05, 4.69) is 16.9 Å². The fraction of sp³-hybridized carbons (Fsp3) is 0.667. The normalized spacial score (nSPS) is 25.3. The molecule has 2 atom stereocenters. The van der Waals surface area contributed by atoms with Crippen LogP contribution in [-0.4, -0.2) is 38.3 Å². The summed E-state index contributed by atoms with van der Waals surface area (Å²) < 4.78 is 1.89. The van der Waals surface area contributed by atoms with E-state index in [4.69, 9.17) is 5.11 Å². The molecule has 1 N–H and O–H groups in total. The van der Waals surface area contributed by atoms with Crippen LogP contribution in [0.3, 0.4) is 0 Å². The van der Waals surface area contributed by atoms with Gasteiger partial charge in [-0.3, -0.25) is 14.4 Å². The molecule has 0 spiro atoms. The Morgan fingerprint density at radius 3 is 2.94 bits per heavy atom. The Hall–Kier alpha value is -1.36. The summed E-state index contributed by atoms with van der Waals surface area (Å²) in [6, 6.07) is 0.109. The first-order chi connectivity index (χ1) is 8.11. The predicted molar refractivity (Wildman–Crippen MR) is 63.5 cm³/mol. The van der Waals surface area contributed by atoms with Crippen molar-refractivity contribution in [3.8, 4) is 0 Å². The van der Waals surface area contributed by atoms with Crippen molar-refractivity contribution in [1.82, 2.24) is 14.7 Å². The Bertz CT molecular complexity index is 402. The summed E-state index contributed by atoms with van der Waals surface area (Å²) in [5.41, 5.74) is 1.16. The van der Waals surface area contributed by atoms with Gasteiger partial charge in [0, 0.05) is 30.9 Å². The molecule has 1 aliphatic heterocycles. The highest BCUT2D eigenvalue weighted by molar-refractivity contribution is 5.71. The van der Waals surface area contributed by atoms with Gasteiger partial charge in [-0.1, -0.05) is 0 Å². The Morgan fingerprint density at radius 1 is 1.65 bits per heavy atom. The summed E-state index contributed by atoms with van der Waals surface area (Å²) >= 11 is 0. The zero-order chi connectivity index (χ0) is 12.4. The molecule has 94 valence electrons. The van der Waals surface area contributed by atoms with Crippen molar-refractivity contribution >= 4 is 5.97 Å². The van der Waals surface area contributed by atoms with Gasteiger partial charge in [-0.2, -0.15) is 5.10 Å². The smallest absolute Gasteiger partial charge is 0.308 e. The zero-order valence-electron chi connectivity index (χ0n) is 10.3. The molecular weight excluding hydrogens is 218 g/mol. The lowest BCUT2D eigenvalue weighted by molar-refractivity contribution is -0.142. The van der Waals surface area contributed by atoms with E-state index >= 15 is 0 Å². The lowest BCUT2D eigenvalue weighted by atomic mass is 10.0. The highest BCUT2D eigenvalue weighted by Gasteiger charge is 2.35. The largest absolute Gasteiger partial charge is 0.481 e. The number of carboxylic acids is 1. The third-order valence-corrected chi connectivity index (χ3v) is 3.60. The summed E-state index contributed by atoms with van der Waals surface area (Å²) in [6.07, 6.45) is 4.64. The van der Waals surface area contributed by atoms with Crippen LogP contribution in [0.5, 0.6) is 0 Å². The van der Waals surface area contributed by atoms with Crippen LogP contribution in [0.25, 0.3) is 0 Å². The standard InChI is InChI=1S/C12H19N3O2/c1-3-15-8-10(6-13-15)7-14-5-4-11(9(14)2)12(16)17/h6,8-9,11H,3-5,7H2,1-2H3,(H,16,17). The van der Waals surface area contributed by atoms with E-state index in [1.54, 1.807) is 0 Å². The van der Waals surface area contributed by atoms with Crippen molar-refractivity contribution in [2.24, 2.45) is 5.92 Å². The molecule has 2 heterocycles. The van der Waals surface area contributed by atoms with Crippen LogP contribution in [0.1, 0.15) is 25.8 Å². The number of carbonyl (C=O) groups is 1. The number of hydrogen-bond acceptors (Lipinski definition) is 3. The third kappa shape index (κ3) is 2.49. The van der Waals surface area contributed by atoms with E-state index in [0.717, 1.165) is 31.6 Å². The summed E-state index contributed by atoms with van der Waals surface area (Å²) in [6.45, 7) is 6.57. The fourth-order valence-corrected chi connectivity index (χ4v) is 2.45. The van der Waals surface area contributed by atoms with Crippen molar-refractivity contribution in [2.75, 3.05) is 6.54 Å². The zero-order valence-corrected chi connectivity index (χ0v) is 10.3. The number of likely N-dealkylation sites (tertiary alicyclic amines) is 1. The van der Waals surface area contributed by atoms with Crippen molar-refractivity contribution in [2.45, 2.75) is 39.4 Å². The maximum absolute atomic E-state index is 11.0. The quantitative estimate of drug-likeness (QED) is 0.854. The molecular formula is C12H19N3O2. The predicted octanol–water partition coefficient (Wildman–Crippen LogP) is 1.20. The minimum absolute atomic E-state index is 0.109. The number of carboxylic acid groups (broad SMARTS) is 1. The van der Waals surface area contributed by atoms with Crippen molar-refractivity contribution in [3.63, 3.8) is 0 Å². The van der Waals surface area contributed by atoms with Gasteiger partial charge in [-0.15, -0.1) is 0 Å². The number of rotatable bonds is 4. The van der Waals surface area contributed by atoms with Crippen LogP contribution in [-0.2, 0) is 17.9 Å². The molecule has 1 fully saturated rings. The van der Waals surface area contributed by atoms with Gasteiger partial charge >= 0.3 is 5.97 Å². The molecule has 0 aromatic carbocycles. The number of hydrogen-bond donors (Lipinski definition) is 1. The van der Waals surface area contributed by atoms with Gasteiger partial charge in [0.25, 0.3) is 0 Å². The molecule has 1 aliphatic rings. The molecule has 2 unspecified atom stereocenters. The van der Waals surface area contributed by atoms with E-state index in [-0.39, 0.29) is 12.0 Å². The Balaban J connectivity index is 1.98. The highest BCUT2D eigenvalue weighted by atomic mass is 16.4. The van der Waals surface area contributed by atoms with Gasteiger partial charge in [0.2, 0.25) is 0 Å². The minimum Gasteiger partial charge on any atom is -0.481 e. The Labute approximate surface area is 101 Å². The van der Waals surface area contributed by atoms with Crippen LogP contribution in [0, 0.1) is 5.92 Å². The monoisotopic (exact) mass is 237 g/mol. The van der Waals surface area contributed by atoms with E-state index in [1.807, 2.05) is 24.0 Å². The highest BCUT2D eigenvalue weighted by Crippen LogP contribution is 2.25. The second-order valence-electron chi connectivity index (χ2n) is 4.65. The first-order valence-corrected chi connectivity index (χ1v) is 6.10. The Kier molecular flexibility index (Phi) is 3.47. The average molecular weight is 237 g/mol. The molecule has 5 heteroatoms. The van der Waals surface area contributed by atoms with Crippen LogP contribution in [0.15, 0.2) is 12.4 Å². The van der Waals surface area contributed by atoms with Crippen molar-refractivity contribution in [3.05, 3.63) is 18.0 Å². The molecule has 17 heavy (non-hydrogen) atoms. The van der Waals surface area contributed by atoms with Crippen molar-refractivity contribution < 1.29 is 9.90 Å². The second-order valence-corrected chi connectivity index (χ2v) is 4.65. The molecule has 1 saturated heterocycles. The second kappa shape index (κ2) is 4.87. The first kappa shape index (κ1) is 12.1. The molecule has 0 amide bonds. The lowest BCUT2D eigenvalue weighted by Gasteiger charge is -2.22. The van der Waals surface area contributed by atoms with Gasteiger partial charge in [0.05, 0.1) is 12.1 Å². The van der Waals surface area contributed by atoms with Crippen LogP contribution in [0.4, 0.5) is 0 Å². The van der Waals surface area contributed by atoms with Crippen LogP contribution in [0.2, 0.25) is 0 Å². The molecule has 5 nitrogen and oxygen atoms in total. The summed E-state index contributed by atoms with van der Waals surface area (Å²) in [5.74, 6) is -0.902. The van der Waals surface area contributed by atoms with E-state index in [0.29, 0.717) is 0 Å². The average Bonchev–Trinajstić information content (AvgIpc) is 2.87. The van der Waals surface area contributed by atoms with Gasteiger partial charge in [0.1, 0.15) is 0 Å². The molecule has 0 bridgehead atoms. The maximum atomic E-state index is 11.0. The number of aliphatic carboxylic acids is 1. The molecule has 2 rings (SSSR count). The van der Waals surface area contributed by atoms with Gasteiger partial charge < -0.3 is 5.11 Å². The van der Waals surface area contributed by atoms with Gasteiger partial charge in [0.15, 0.2) is 0 Å². The topological polar surface area (TPSA) is 58.4 Å². The number of aryl methyl sites for hydroxylation is 1. The maximum Gasteiger partial charge on any atom is 0.308 e. The van der Waals surface area contributed by atoms with Crippen molar-refractivity contribution in [1.29, 1.82) is 0 Å². The molecule has 0 saturated carbocycles. The van der Waals surface area contributed by atoms with E-state index in [1.165, 1.54) is 0 Å². The van der Waals surface area contributed by atoms with E-state index < -0.39 is 5.97 Å². The molecule has 0 aliphatic carbocycles.